The van der Waals surface area contributed by atoms with Crippen molar-refractivity contribution in [2.45, 2.75) is 58.0 Å². The molecular weight excluding hydrogens is 323 g/mol. The van der Waals surface area contributed by atoms with Crippen LogP contribution in [0.15, 0.2) is 12.4 Å². The predicted octanol–water partition coefficient (Wildman–Crippen LogP) is 2.58. The van der Waals surface area contributed by atoms with Crippen LogP contribution < -0.4 is 5.73 Å². The molecule has 0 aliphatic carbocycles. The summed E-state index contributed by atoms with van der Waals surface area (Å²) in [5, 5.41) is 4.34. The number of nitrogens with zero attached hydrogens (tertiary/aromatic N) is 3. The topological polar surface area (TPSA) is 64.2 Å². The molecule has 22 heavy (non-hydrogen) atoms. The Morgan fingerprint density at radius 1 is 1.41 bits per heavy atom. The Labute approximate surface area is 145 Å². The zero-order valence-corrected chi connectivity index (χ0v) is 15.0. The summed E-state index contributed by atoms with van der Waals surface area (Å²) in [7, 11) is 0. The van der Waals surface area contributed by atoms with E-state index < -0.39 is 0 Å². The van der Waals surface area contributed by atoms with E-state index in [9.17, 15) is 4.79 Å². The number of halogens is 2. The summed E-state index contributed by atoms with van der Waals surface area (Å²) in [5.41, 5.74) is 7.02. The molecule has 1 fully saturated rings. The van der Waals surface area contributed by atoms with Gasteiger partial charge in [0, 0.05) is 38.3 Å². The molecule has 128 valence electrons. The van der Waals surface area contributed by atoms with Gasteiger partial charge in [-0.2, -0.15) is 5.10 Å². The van der Waals surface area contributed by atoms with E-state index in [1.54, 1.807) is 0 Å². The molecule has 1 aromatic heterocycles. The van der Waals surface area contributed by atoms with Crippen LogP contribution in [0.1, 0.15) is 51.0 Å². The molecule has 0 saturated carbocycles. The summed E-state index contributed by atoms with van der Waals surface area (Å²) in [6, 6.07) is 0.108. The Balaban J connectivity index is 0.00000220. The van der Waals surface area contributed by atoms with E-state index in [0.717, 1.165) is 38.9 Å². The van der Waals surface area contributed by atoms with Crippen LogP contribution >= 0.6 is 24.8 Å². The van der Waals surface area contributed by atoms with Crippen LogP contribution in [0.5, 0.6) is 0 Å². The molecule has 5 nitrogen and oxygen atoms in total. The lowest BCUT2D eigenvalue weighted by atomic mass is 9.91. The lowest BCUT2D eigenvalue weighted by molar-refractivity contribution is -0.132. The Kier molecular flexibility index (Phi) is 9.72. The monoisotopic (exact) mass is 350 g/mol. The van der Waals surface area contributed by atoms with Crippen LogP contribution in [-0.2, 0) is 11.3 Å². The maximum absolute atomic E-state index is 12.1. The highest BCUT2D eigenvalue weighted by atomic mass is 35.5. The van der Waals surface area contributed by atoms with Gasteiger partial charge in [0.25, 0.3) is 0 Å². The largest absolute Gasteiger partial charge is 0.343 e. The van der Waals surface area contributed by atoms with E-state index in [4.69, 9.17) is 5.73 Å². The Bertz CT molecular complexity index is 443. The highest BCUT2D eigenvalue weighted by Crippen LogP contribution is 2.27. The van der Waals surface area contributed by atoms with Gasteiger partial charge in [-0.25, -0.2) is 0 Å². The molecule has 0 radical (unpaired) electrons. The summed E-state index contributed by atoms with van der Waals surface area (Å²) in [6.07, 6.45) is 7.55. The first-order valence-corrected chi connectivity index (χ1v) is 7.65. The third kappa shape index (κ3) is 5.78. The number of aromatic nitrogens is 2. The van der Waals surface area contributed by atoms with Gasteiger partial charge in [0.05, 0.1) is 6.20 Å². The van der Waals surface area contributed by atoms with Crippen molar-refractivity contribution in [2.75, 3.05) is 13.1 Å². The lowest BCUT2D eigenvalue weighted by Crippen LogP contribution is -2.38. The first-order chi connectivity index (χ1) is 9.60. The molecule has 1 aromatic rings. The van der Waals surface area contributed by atoms with Crippen molar-refractivity contribution in [1.29, 1.82) is 0 Å². The minimum absolute atomic E-state index is 0. The van der Waals surface area contributed by atoms with E-state index >= 15 is 0 Å². The zero-order chi connectivity index (χ0) is 14.5. The van der Waals surface area contributed by atoms with Crippen molar-refractivity contribution in [3.05, 3.63) is 18.0 Å². The second-order valence-electron chi connectivity index (χ2n) is 5.80. The molecule has 2 N–H and O–H groups in total. The quantitative estimate of drug-likeness (QED) is 0.887. The molecule has 1 amide bonds. The first-order valence-electron chi connectivity index (χ1n) is 7.65. The Hall–Kier alpha value is -0.780. The summed E-state index contributed by atoms with van der Waals surface area (Å²) in [4.78, 5) is 14.0. The summed E-state index contributed by atoms with van der Waals surface area (Å²) >= 11 is 0. The standard InChI is InChI=1S/C15H26N4O.2ClH/c1-3-19-11-14(10-17-19)13-6-8-18(9-7-13)15(20)5-4-12(2)16;;/h10-13H,3-9,16H2,1-2H3;2*1H. The SMILES string of the molecule is CCn1cc(C2CCN(C(=O)CCC(C)N)CC2)cn1.Cl.Cl. The van der Waals surface area contributed by atoms with Crippen molar-refractivity contribution in [2.24, 2.45) is 5.73 Å². The van der Waals surface area contributed by atoms with Gasteiger partial charge in [0.2, 0.25) is 5.91 Å². The van der Waals surface area contributed by atoms with Crippen molar-refractivity contribution in [3.63, 3.8) is 0 Å². The van der Waals surface area contributed by atoms with E-state index in [-0.39, 0.29) is 36.8 Å². The normalized spacial score (nSPS) is 16.6. The average molecular weight is 351 g/mol. The molecule has 0 bridgehead atoms. The first kappa shape index (κ1) is 21.2. The summed E-state index contributed by atoms with van der Waals surface area (Å²) in [6.45, 7) is 6.68. The van der Waals surface area contributed by atoms with Crippen molar-refractivity contribution < 1.29 is 4.79 Å². The highest BCUT2D eigenvalue weighted by molar-refractivity contribution is 5.85. The maximum Gasteiger partial charge on any atom is 0.222 e. The zero-order valence-electron chi connectivity index (χ0n) is 13.4. The van der Waals surface area contributed by atoms with Gasteiger partial charge >= 0.3 is 0 Å². The summed E-state index contributed by atoms with van der Waals surface area (Å²) < 4.78 is 1.97. The van der Waals surface area contributed by atoms with Crippen molar-refractivity contribution >= 4 is 30.7 Å². The van der Waals surface area contributed by atoms with Gasteiger partial charge in [-0.3, -0.25) is 9.48 Å². The van der Waals surface area contributed by atoms with Crippen LogP contribution in [-0.4, -0.2) is 39.7 Å². The second-order valence-corrected chi connectivity index (χ2v) is 5.80. The van der Waals surface area contributed by atoms with Gasteiger partial charge in [-0.1, -0.05) is 0 Å². The molecule has 1 unspecified atom stereocenters. The van der Waals surface area contributed by atoms with E-state index in [0.29, 0.717) is 12.3 Å². The third-order valence-corrected chi connectivity index (χ3v) is 4.11. The van der Waals surface area contributed by atoms with Gasteiger partial charge < -0.3 is 10.6 Å². The van der Waals surface area contributed by atoms with Crippen molar-refractivity contribution in [1.82, 2.24) is 14.7 Å². The fourth-order valence-corrected chi connectivity index (χ4v) is 2.73. The molecular formula is C15H28Cl2N4O. The van der Waals surface area contributed by atoms with E-state index in [1.807, 2.05) is 22.7 Å². The smallest absolute Gasteiger partial charge is 0.222 e. The van der Waals surface area contributed by atoms with Crippen LogP contribution in [0.2, 0.25) is 0 Å². The number of amides is 1. The van der Waals surface area contributed by atoms with Crippen molar-refractivity contribution in [3.8, 4) is 0 Å². The number of aryl methyl sites for hydroxylation is 1. The average Bonchev–Trinajstić information content (AvgIpc) is 2.94. The second kappa shape index (κ2) is 10.1. The molecule has 2 rings (SSSR count). The molecule has 0 spiro atoms. The number of likely N-dealkylation sites (tertiary alicyclic amines) is 1. The highest BCUT2D eigenvalue weighted by Gasteiger charge is 2.24. The van der Waals surface area contributed by atoms with Crippen LogP contribution in [0.4, 0.5) is 0 Å². The molecule has 2 heterocycles. The van der Waals surface area contributed by atoms with Crippen LogP contribution in [0, 0.1) is 0 Å². The summed E-state index contributed by atoms with van der Waals surface area (Å²) in [5.74, 6) is 0.804. The van der Waals surface area contributed by atoms with Crippen LogP contribution in [0.25, 0.3) is 0 Å². The number of carbonyl (C=O) groups excluding carboxylic acids is 1. The number of carbonyl (C=O) groups is 1. The molecule has 1 saturated heterocycles. The number of nitrogens with two attached hydrogens (primary N) is 1. The lowest BCUT2D eigenvalue weighted by Gasteiger charge is -2.31. The fourth-order valence-electron chi connectivity index (χ4n) is 2.73. The van der Waals surface area contributed by atoms with Gasteiger partial charge in [-0.15, -0.1) is 24.8 Å². The van der Waals surface area contributed by atoms with Gasteiger partial charge in [0.15, 0.2) is 0 Å². The maximum atomic E-state index is 12.1. The van der Waals surface area contributed by atoms with Gasteiger partial charge in [0.1, 0.15) is 0 Å². The number of hydrogen-bond donors (Lipinski definition) is 1. The third-order valence-electron chi connectivity index (χ3n) is 4.11. The van der Waals surface area contributed by atoms with Crippen LogP contribution in [0.3, 0.4) is 0 Å². The fraction of sp³-hybridized carbons (Fsp3) is 0.733. The molecule has 0 aromatic carbocycles. The number of hydrogen-bond acceptors (Lipinski definition) is 3. The molecule has 1 aliphatic heterocycles. The Morgan fingerprint density at radius 2 is 2.05 bits per heavy atom. The Morgan fingerprint density at radius 3 is 2.55 bits per heavy atom. The minimum atomic E-state index is 0. The predicted molar refractivity (Wildman–Crippen MR) is 93.8 cm³/mol. The molecule has 1 aliphatic rings. The van der Waals surface area contributed by atoms with E-state index in [1.165, 1.54) is 5.56 Å². The number of piperidine rings is 1. The van der Waals surface area contributed by atoms with E-state index in [2.05, 4.69) is 18.2 Å². The molecule has 7 heteroatoms. The molecule has 1 atom stereocenters. The van der Waals surface area contributed by atoms with Gasteiger partial charge in [-0.05, 0) is 44.6 Å². The minimum Gasteiger partial charge on any atom is -0.343 e. The number of rotatable bonds is 5.